The first-order chi connectivity index (χ1) is 11.7. The Balaban J connectivity index is 1.74. The topological polar surface area (TPSA) is 66.9 Å². The number of benzene rings is 1. The molecule has 2 aromatic heterocycles. The molecule has 2 amide bonds. The molecule has 0 radical (unpaired) electrons. The van der Waals surface area contributed by atoms with E-state index in [1.54, 1.807) is 12.4 Å². The molecule has 3 aromatic rings. The molecule has 1 aromatic carbocycles. The molecule has 0 spiro atoms. The van der Waals surface area contributed by atoms with Crippen molar-refractivity contribution in [2.75, 3.05) is 5.32 Å². The van der Waals surface area contributed by atoms with Crippen LogP contribution >= 0.6 is 11.3 Å². The summed E-state index contributed by atoms with van der Waals surface area (Å²) in [6.07, 6.45) is 4.06. The normalized spacial score (nSPS) is 11.7. The van der Waals surface area contributed by atoms with Crippen molar-refractivity contribution in [2.45, 2.75) is 19.4 Å². The second-order valence-corrected chi connectivity index (χ2v) is 6.33. The minimum atomic E-state index is -0.285. The van der Waals surface area contributed by atoms with Crippen LogP contribution in [0.5, 0.6) is 0 Å². The number of urea groups is 1. The minimum Gasteiger partial charge on any atom is -0.329 e. The van der Waals surface area contributed by atoms with Crippen LogP contribution in [-0.2, 0) is 6.42 Å². The number of hydrogen-bond donors (Lipinski definition) is 2. The highest BCUT2D eigenvalue weighted by Crippen LogP contribution is 2.18. The Kier molecular flexibility index (Phi) is 5.18. The number of carbonyl (C=O) groups is 1. The largest absolute Gasteiger partial charge is 0.329 e. The van der Waals surface area contributed by atoms with E-state index in [0.717, 1.165) is 11.3 Å². The van der Waals surface area contributed by atoms with Crippen LogP contribution in [0.15, 0.2) is 60.2 Å². The molecule has 0 aliphatic carbocycles. The standard InChI is InChI=1S/C18H18N4OS/c1-13-5-7-14(8-6-13)12-16(15-4-2-3-9-19-15)21-17(23)22-18-20-10-11-24-18/h2-11,16H,12H2,1H3,(H2,20,21,22,23). The molecule has 0 saturated heterocycles. The number of nitrogens with one attached hydrogen (secondary N) is 2. The summed E-state index contributed by atoms with van der Waals surface area (Å²) in [4.78, 5) is 20.7. The van der Waals surface area contributed by atoms with Gasteiger partial charge in [-0.2, -0.15) is 0 Å². The number of anilines is 1. The van der Waals surface area contributed by atoms with Gasteiger partial charge >= 0.3 is 6.03 Å². The number of aryl methyl sites for hydroxylation is 1. The number of rotatable bonds is 5. The average Bonchev–Trinajstić information content (AvgIpc) is 3.10. The van der Waals surface area contributed by atoms with Gasteiger partial charge in [0.2, 0.25) is 0 Å². The van der Waals surface area contributed by atoms with Crippen LogP contribution in [0, 0.1) is 6.92 Å². The van der Waals surface area contributed by atoms with Gasteiger partial charge in [0.15, 0.2) is 5.13 Å². The van der Waals surface area contributed by atoms with Gasteiger partial charge in [0.25, 0.3) is 0 Å². The van der Waals surface area contributed by atoms with Crippen molar-refractivity contribution in [1.82, 2.24) is 15.3 Å². The fraction of sp³-hybridized carbons (Fsp3) is 0.167. The van der Waals surface area contributed by atoms with E-state index in [4.69, 9.17) is 0 Å². The van der Waals surface area contributed by atoms with Crippen molar-refractivity contribution in [3.05, 3.63) is 77.1 Å². The van der Waals surface area contributed by atoms with Gasteiger partial charge in [-0.25, -0.2) is 9.78 Å². The highest BCUT2D eigenvalue weighted by Gasteiger charge is 2.17. The lowest BCUT2D eigenvalue weighted by Gasteiger charge is -2.18. The van der Waals surface area contributed by atoms with E-state index in [1.807, 2.05) is 23.6 Å². The van der Waals surface area contributed by atoms with E-state index in [2.05, 4.69) is 51.8 Å². The third-order valence-electron chi connectivity index (χ3n) is 3.56. The highest BCUT2D eigenvalue weighted by atomic mass is 32.1. The summed E-state index contributed by atoms with van der Waals surface area (Å²) in [6.45, 7) is 2.06. The molecule has 24 heavy (non-hydrogen) atoms. The quantitative estimate of drug-likeness (QED) is 0.740. The van der Waals surface area contributed by atoms with Gasteiger partial charge in [-0.3, -0.25) is 10.3 Å². The molecular weight excluding hydrogens is 320 g/mol. The SMILES string of the molecule is Cc1ccc(CC(NC(=O)Nc2nccs2)c2ccccn2)cc1. The van der Waals surface area contributed by atoms with Gasteiger partial charge in [-0.15, -0.1) is 11.3 Å². The van der Waals surface area contributed by atoms with Crippen LogP contribution < -0.4 is 10.6 Å². The molecule has 0 fully saturated rings. The first-order valence-electron chi connectivity index (χ1n) is 7.64. The van der Waals surface area contributed by atoms with E-state index in [-0.39, 0.29) is 12.1 Å². The van der Waals surface area contributed by atoms with Crippen molar-refractivity contribution in [3.63, 3.8) is 0 Å². The zero-order valence-electron chi connectivity index (χ0n) is 13.3. The number of amides is 2. The molecular formula is C18H18N4OS. The molecule has 3 rings (SSSR count). The number of hydrogen-bond acceptors (Lipinski definition) is 4. The predicted molar refractivity (Wildman–Crippen MR) is 96.1 cm³/mol. The number of carbonyl (C=O) groups excluding carboxylic acids is 1. The van der Waals surface area contributed by atoms with Gasteiger partial charge in [0.05, 0.1) is 11.7 Å². The molecule has 5 nitrogen and oxygen atoms in total. The summed E-state index contributed by atoms with van der Waals surface area (Å²) in [5.74, 6) is 0. The Morgan fingerprint density at radius 1 is 1.12 bits per heavy atom. The molecule has 122 valence electrons. The molecule has 2 heterocycles. The van der Waals surface area contributed by atoms with Gasteiger partial charge in [-0.1, -0.05) is 35.9 Å². The fourth-order valence-corrected chi connectivity index (χ4v) is 2.87. The maximum Gasteiger partial charge on any atom is 0.321 e. The van der Waals surface area contributed by atoms with Crippen LogP contribution in [0.4, 0.5) is 9.93 Å². The Morgan fingerprint density at radius 3 is 2.62 bits per heavy atom. The van der Waals surface area contributed by atoms with Crippen molar-refractivity contribution < 1.29 is 4.79 Å². The van der Waals surface area contributed by atoms with E-state index in [9.17, 15) is 4.79 Å². The molecule has 6 heteroatoms. The van der Waals surface area contributed by atoms with E-state index >= 15 is 0 Å². The monoisotopic (exact) mass is 338 g/mol. The maximum atomic E-state index is 12.3. The van der Waals surface area contributed by atoms with Crippen molar-refractivity contribution in [1.29, 1.82) is 0 Å². The lowest BCUT2D eigenvalue weighted by molar-refractivity contribution is 0.248. The summed E-state index contributed by atoms with van der Waals surface area (Å²) in [6, 6.07) is 13.5. The Labute approximate surface area is 144 Å². The van der Waals surface area contributed by atoms with Crippen LogP contribution in [0.25, 0.3) is 0 Å². The van der Waals surface area contributed by atoms with Crippen LogP contribution in [-0.4, -0.2) is 16.0 Å². The summed E-state index contributed by atoms with van der Waals surface area (Å²) in [5, 5.41) is 8.12. The Hall–Kier alpha value is -2.73. The lowest BCUT2D eigenvalue weighted by Crippen LogP contribution is -2.34. The Bertz CT molecular complexity index is 773. The lowest BCUT2D eigenvalue weighted by atomic mass is 10.0. The third kappa shape index (κ3) is 4.39. The van der Waals surface area contributed by atoms with Crippen molar-refractivity contribution in [2.24, 2.45) is 0 Å². The molecule has 2 N–H and O–H groups in total. The van der Waals surface area contributed by atoms with E-state index < -0.39 is 0 Å². The zero-order chi connectivity index (χ0) is 16.8. The van der Waals surface area contributed by atoms with E-state index in [1.165, 1.54) is 16.9 Å². The minimum absolute atomic E-state index is 0.214. The summed E-state index contributed by atoms with van der Waals surface area (Å²) >= 11 is 1.38. The first-order valence-corrected chi connectivity index (χ1v) is 8.52. The highest BCUT2D eigenvalue weighted by molar-refractivity contribution is 7.13. The fourth-order valence-electron chi connectivity index (χ4n) is 2.35. The number of pyridine rings is 1. The van der Waals surface area contributed by atoms with Gasteiger partial charge in [0, 0.05) is 17.8 Å². The number of thiazole rings is 1. The average molecular weight is 338 g/mol. The number of aromatic nitrogens is 2. The molecule has 0 aliphatic heterocycles. The van der Waals surface area contributed by atoms with E-state index in [0.29, 0.717) is 11.6 Å². The van der Waals surface area contributed by atoms with Crippen LogP contribution in [0.2, 0.25) is 0 Å². The van der Waals surface area contributed by atoms with Crippen molar-refractivity contribution >= 4 is 22.5 Å². The smallest absolute Gasteiger partial charge is 0.321 e. The molecule has 1 unspecified atom stereocenters. The summed E-state index contributed by atoms with van der Waals surface area (Å²) in [7, 11) is 0. The number of nitrogens with zero attached hydrogens (tertiary/aromatic N) is 2. The summed E-state index contributed by atoms with van der Waals surface area (Å²) in [5.41, 5.74) is 3.18. The molecule has 0 saturated carbocycles. The first kappa shape index (κ1) is 16.1. The Morgan fingerprint density at radius 2 is 1.96 bits per heavy atom. The van der Waals surface area contributed by atoms with Crippen molar-refractivity contribution in [3.8, 4) is 0 Å². The maximum absolute atomic E-state index is 12.3. The molecule has 1 atom stereocenters. The molecule has 0 bridgehead atoms. The second-order valence-electron chi connectivity index (χ2n) is 5.43. The van der Waals surface area contributed by atoms with Gasteiger partial charge < -0.3 is 5.32 Å². The summed E-state index contributed by atoms with van der Waals surface area (Å²) < 4.78 is 0. The zero-order valence-corrected chi connectivity index (χ0v) is 14.1. The predicted octanol–water partition coefficient (Wildman–Crippen LogP) is 3.95. The second kappa shape index (κ2) is 7.70. The molecule has 0 aliphatic rings. The van der Waals surface area contributed by atoms with Gasteiger partial charge in [0.1, 0.15) is 0 Å². The van der Waals surface area contributed by atoms with Crippen LogP contribution in [0.3, 0.4) is 0 Å². The third-order valence-corrected chi connectivity index (χ3v) is 4.25. The van der Waals surface area contributed by atoms with Gasteiger partial charge in [-0.05, 0) is 31.0 Å². The van der Waals surface area contributed by atoms with Crippen LogP contribution in [0.1, 0.15) is 22.9 Å².